The normalized spacial score (nSPS) is 23.2. The molecule has 2 heterocycles. The molecule has 2 atom stereocenters. The van der Waals surface area contributed by atoms with Crippen LogP contribution in [0.2, 0.25) is 0 Å². The van der Waals surface area contributed by atoms with E-state index in [-0.39, 0.29) is 12.5 Å². The number of anilines is 2. The molecule has 2 N–H and O–H groups in total. The van der Waals surface area contributed by atoms with E-state index in [1.54, 1.807) is 0 Å². The van der Waals surface area contributed by atoms with Crippen LogP contribution in [-0.2, 0) is 9.53 Å². The predicted octanol–water partition coefficient (Wildman–Crippen LogP) is 1.85. The first kappa shape index (κ1) is 12.3. The van der Waals surface area contributed by atoms with Gasteiger partial charge in [-0.1, -0.05) is 0 Å². The Labute approximate surface area is 112 Å². The Morgan fingerprint density at radius 1 is 1.47 bits per heavy atom. The minimum absolute atomic E-state index is 0.0928. The van der Waals surface area contributed by atoms with E-state index in [2.05, 4.69) is 17.6 Å². The van der Waals surface area contributed by atoms with E-state index in [0.717, 1.165) is 36.8 Å². The van der Waals surface area contributed by atoms with E-state index in [1.807, 2.05) is 18.2 Å². The van der Waals surface area contributed by atoms with Crippen molar-refractivity contribution in [2.24, 2.45) is 5.92 Å². The highest BCUT2D eigenvalue weighted by molar-refractivity contribution is 5.96. The van der Waals surface area contributed by atoms with Gasteiger partial charge >= 0.3 is 0 Å². The van der Waals surface area contributed by atoms with Crippen molar-refractivity contribution in [3.63, 3.8) is 0 Å². The molecule has 1 saturated heterocycles. The molecule has 0 aromatic heterocycles. The summed E-state index contributed by atoms with van der Waals surface area (Å²) in [6.45, 7) is 3.92. The predicted molar refractivity (Wildman–Crippen MR) is 72.6 cm³/mol. The van der Waals surface area contributed by atoms with Gasteiger partial charge in [0.2, 0.25) is 0 Å². The van der Waals surface area contributed by atoms with Gasteiger partial charge in [-0.25, -0.2) is 0 Å². The molecule has 0 radical (unpaired) electrons. The maximum Gasteiger partial charge on any atom is 0.262 e. The number of hydrogen-bond acceptors (Lipinski definition) is 4. The summed E-state index contributed by atoms with van der Waals surface area (Å²) >= 11 is 0. The second kappa shape index (κ2) is 5.09. The van der Waals surface area contributed by atoms with Crippen molar-refractivity contribution in [3.8, 4) is 5.75 Å². The highest BCUT2D eigenvalue weighted by atomic mass is 16.5. The summed E-state index contributed by atoms with van der Waals surface area (Å²) in [6.07, 6.45) is 1.10. The Hall–Kier alpha value is -1.75. The van der Waals surface area contributed by atoms with Crippen molar-refractivity contribution >= 4 is 17.3 Å². The lowest BCUT2D eigenvalue weighted by molar-refractivity contribution is -0.118. The number of nitrogens with one attached hydrogen (secondary N) is 2. The first-order valence-electron chi connectivity index (χ1n) is 6.63. The van der Waals surface area contributed by atoms with E-state index in [1.165, 1.54) is 0 Å². The number of benzene rings is 1. The van der Waals surface area contributed by atoms with Crippen LogP contribution in [0, 0.1) is 5.92 Å². The largest absolute Gasteiger partial charge is 0.482 e. The molecule has 3 rings (SSSR count). The van der Waals surface area contributed by atoms with Gasteiger partial charge in [-0.2, -0.15) is 0 Å². The number of fused-ring (bicyclic) bond motifs is 1. The highest BCUT2D eigenvalue weighted by Gasteiger charge is 2.23. The molecule has 0 aliphatic carbocycles. The van der Waals surface area contributed by atoms with Gasteiger partial charge in [-0.05, 0) is 31.5 Å². The lowest BCUT2D eigenvalue weighted by Crippen LogP contribution is -2.27. The smallest absolute Gasteiger partial charge is 0.262 e. The van der Waals surface area contributed by atoms with Crippen molar-refractivity contribution < 1.29 is 14.3 Å². The Balaban J connectivity index is 1.71. The third-order valence-corrected chi connectivity index (χ3v) is 3.68. The summed E-state index contributed by atoms with van der Waals surface area (Å²) in [4.78, 5) is 11.3. The average molecular weight is 262 g/mol. The van der Waals surface area contributed by atoms with E-state index < -0.39 is 0 Å². The monoisotopic (exact) mass is 262 g/mol. The van der Waals surface area contributed by atoms with E-state index in [0.29, 0.717) is 12.0 Å². The summed E-state index contributed by atoms with van der Waals surface area (Å²) < 4.78 is 10.7. The number of amides is 1. The van der Waals surface area contributed by atoms with Crippen molar-refractivity contribution in [3.05, 3.63) is 18.2 Å². The minimum atomic E-state index is -0.109. The summed E-state index contributed by atoms with van der Waals surface area (Å²) in [7, 11) is 0. The maximum atomic E-state index is 11.3. The Kier molecular flexibility index (Phi) is 3.29. The van der Waals surface area contributed by atoms with Gasteiger partial charge in [0, 0.05) is 24.3 Å². The van der Waals surface area contributed by atoms with Gasteiger partial charge < -0.3 is 20.1 Å². The number of carbonyl (C=O) groups excluding carboxylic acids is 1. The molecular weight excluding hydrogens is 244 g/mol. The number of hydrogen-bond donors (Lipinski definition) is 2. The van der Waals surface area contributed by atoms with Gasteiger partial charge in [0.15, 0.2) is 6.61 Å². The van der Waals surface area contributed by atoms with Crippen LogP contribution in [0.4, 0.5) is 11.4 Å². The molecule has 1 aromatic carbocycles. The lowest BCUT2D eigenvalue weighted by atomic mass is 10.0. The summed E-state index contributed by atoms with van der Waals surface area (Å²) in [5.41, 5.74) is 1.72. The molecule has 19 heavy (non-hydrogen) atoms. The quantitative estimate of drug-likeness (QED) is 0.873. The Morgan fingerprint density at radius 3 is 3.16 bits per heavy atom. The molecule has 2 aliphatic rings. The molecule has 2 unspecified atom stereocenters. The fourth-order valence-electron chi connectivity index (χ4n) is 2.50. The summed E-state index contributed by atoms with van der Waals surface area (Å²) in [6, 6.07) is 6.12. The standard InChI is InChI=1S/C14H18N2O3/c1-9(10-4-5-18-7-10)15-11-2-3-13-12(6-11)16-14(17)8-19-13/h2-3,6,9-10,15H,4-5,7-8H2,1H3,(H,16,17). The number of ether oxygens (including phenoxy) is 2. The molecule has 102 valence electrons. The van der Waals surface area contributed by atoms with Crippen LogP contribution < -0.4 is 15.4 Å². The second-order valence-electron chi connectivity index (χ2n) is 5.10. The van der Waals surface area contributed by atoms with E-state index in [9.17, 15) is 4.79 Å². The van der Waals surface area contributed by atoms with Crippen LogP contribution in [0.5, 0.6) is 5.75 Å². The van der Waals surface area contributed by atoms with Gasteiger partial charge in [-0.15, -0.1) is 0 Å². The van der Waals surface area contributed by atoms with Crippen LogP contribution in [0.3, 0.4) is 0 Å². The highest BCUT2D eigenvalue weighted by Crippen LogP contribution is 2.31. The van der Waals surface area contributed by atoms with Gasteiger partial charge in [0.25, 0.3) is 5.91 Å². The van der Waals surface area contributed by atoms with Crippen LogP contribution in [0.25, 0.3) is 0 Å². The average Bonchev–Trinajstić information content (AvgIpc) is 2.92. The zero-order valence-corrected chi connectivity index (χ0v) is 10.9. The van der Waals surface area contributed by atoms with Crippen molar-refractivity contribution in [1.29, 1.82) is 0 Å². The second-order valence-corrected chi connectivity index (χ2v) is 5.10. The van der Waals surface area contributed by atoms with E-state index in [4.69, 9.17) is 9.47 Å². The maximum absolute atomic E-state index is 11.3. The third kappa shape index (κ3) is 2.66. The SMILES string of the molecule is CC(Nc1ccc2c(c1)NC(=O)CO2)C1CCOC1. The zero-order chi connectivity index (χ0) is 13.2. The zero-order valence-electron chi connectivity index (χ0n) is 10.9. The Bertz CT molecular complexity index is 484. The number of carbonyl (C=O) groups is 1. The van der Waals surface area contributed by atoms with Crippen LogP contribution in [0.1, 0.15) is 13.3 Å². The van der Waals surface area contributed by atoms with Gasteiger partial charge in [-0.3, -0.25) is 4.79 Å². The fourth-order valence-corrected chi connectivity index (χ4v) is 2.50. The molecule has 0 bridgehead atoms. The molecular formula is C14H18N2O3. The molecule has 0 spiro atoms. The molecule has 0 saturated carbocycles. The third-order valence-electron chi connectivity index (χ3n) is 3.68. The first-order chi connectivity index (χ1) is 9.22. The Morgan fingerprint density at radius 2 is 2.37 bits per heavy atom. The summed E-state index contributed by atoms with van der Waals surface area (Å²) in [5.74, 6) is 1.16. The van der Waals surface area contributed by atoms with Crippen LogP contribution >= 0.6 is 0 Å². The topological polar surface area (TPSA) is 59.6 Å². The van der Waals surface area contributed by atoms with Crippen molar-refractivity contribution in [1.82, 2.24) is 0 Å². The van der Waals surface area contributed by atoms with Crippen molar-refractivity contribution in [2.45, 2.75) is 19.4 Å². The summed E-state index contributed by atoms with van der Waals surface area (Å²) in [5, 5.41) is 6.28. The van der Waals surface area contributed by atoms with Crippen LogP contribution in [0.15, 0.2) is 18.2 Å². The lowest BCUT2D eigenvalue weighted by Gasteiger charge is -2.23. The first-order valence-corrected chi connectivity index (χ1v) is 6.63. The van der Waals surface area contributed by atoms with Crippen molar-refractivity contribution in [2.75, 3.05) is 30.5 Å². The number of rotatable bonds is 3. The molecule has 2 aliphatic heterocycles. The van der Waals surface area contributed by atoms with Crippen LogP contribution in [-0.4, -0.2) is 31.8 Å². The molecule has 1 aromatic rings. The molecule has 5 nitrogen and oxygen atoms in total. The molecule has 5 heteroatoms. The van der Waals surface area contributed by atoms with E-state index >= 15 is 0 Å². The fraction of sp³-hybridized carbons (Fsp3) is 0.500. The molecule has 1 amide bonds. The molecule has 1 fully saturated rings. The minimum Gasteiger partial charge on any atom is -0.482 e. The van der Waals surface area contributed by atoms with Gasteiger partial charge in [0.1, 0.15) is 5.75 Å². The van der Waals surface area contributed by atoms with Gasteiger partial charge in [0.05, 0.1) is 12.3 Å².